The van der Waals surface area contributed by atoms with E-state index in [-0.39, 0.29) is 24.9 Å². The number of rotatable bonds is 3. The molecule has 0 aromatic heterocycles. The summed E-state index contributed by atoms with van der Waals surface area (Å²) in [4.78, 5) is 24.0. The van der Waals surface area contributed by atoms with E-state index in [0.29, 0.717) is 11.6 Å². The summed E-state index contributed by atoms with van der Waals surface area (Å²) in [6.45, 7) is 0.641. The number of benzene rings is 1. The van der Waals surface area contributed by atoms with Crippen molar-refractivity contribution in [3.8, 4) is 0 Å². The molecule has 1 saturated heterocycles. The molecule has 0 saturated carbocycles. The summed E-state index contributed by atoms with van der Waals surface area (Å²) in [6, 6.07) is 6.82. The second-order valence-corrected chi connectivity index (χ2v) is 4.60. The summed E-state index contributed by atoms with van der Waals surface area (Å²) in [5, 5.41) is 12.0. The quantitative estimate of drug-likeness (QED) is 0.862. The number of piperazine rings is 1. The molecule has 6 heteroatoms. The number of carbonyl (C=O) groups excluding carboxylic acids is 1. The van der Waals surface area contributed by atoms with Crippen molar-refractivity contribution in [1.29, 1.82) is 0 Å². The molecule has 0 spiro atoms. The predicted octanol–water partition coefficient (Wildman–Crippen LogP) is 1.12. The molecule has 18 heavy (non-hydrogen) atoms. The van der Waals surface area contributed by atoms with Gasteiger partial charge in [-0.05, 0) is 12.1 Å². The fraction of sp³-hybridized carbons (Fsp3) is 0.333. The second-order valence-electron chi connectivity index (χ2n) is 4.19. The van der Waals surface area contributed by atoms with Crippen LogP contribution in [0.4, 0.5) is 5.69 Å². The minimum Gasteiger partial charge on any atom is -0.481 e. The van der Waals surface area contributed by atoms with Crippen molar-refractivity contribution in [3.05, 3.63) is 29.3 Å². The summed E-state index contributed by atoms with van der Waals surface area (Å²) >= 11 is 6.07. The van der Waals surface area contributed by atoms with E-state index in [0.717, 1.165) is 5.69 Å². The molecule has 2 N–H and O–H groups in total. The van der Waals surface area contributed by atoms with Crippen molar-refractivity contribution in [2.24, 2.45) is 0 Å². The Hall–Kier alpha value is -1.75. The third kappa shape index (κ3) is 2.92. The van der Waals surface area contributed by atoms with E-state index in [9.17, 15) is 9.59 Å². The van der Waals surface area contributed by atoms with E-state index < -0.39 is 5.97 Å². The van der Waals surface area contributed by atoms with Gasteiger partial charge >= 0.3 is 5.97 Å². The summed E-state index contributed by atoms with van der Waals surface area (Å²) in [5.41, 5.74) is 0.754. The van der Waals surface area contributed by atoms with Crippen LogP contribution in [0.2, 0.25) is 5.02 Å². The number of hydrogen-bond donors (Lipinski definition) is 2. The normalized spacial score (nSPS) is 19.5. The van der Waals surface area contributed by atoms with Crippen LogP contribution in [-0.4, -0.2) is 36.1 Å². The molecule has 0 radical (unpaired) electrons. The maximum Gasteiger partial charge on any atom is 0.305 e. The highest BCUT2D eigenvalue weighted by Gasteiger charge is 2.27. The summed E-state index contributed by atoms with van der Waals surface area (Å²) < 4.78 is 0. The van der Waals surface area contributed by atoms with Gasteiger partial charge in [-0.15, -0.1) is 0 Å². The topological polar surface area (TPSA) is 69.6 Å². The molecular weight excluding hydrogens is 256 g/mol. The lowest BCUT2D eigenvalue weighted by molar-refractivity contribution is -0.137. The average molecular weight is 269 g/mol. The second kappa shape index (κ2) is 5.27. The number of aliphatic carboxylic acids is 1. The maximum absolute atomic E-state index is 11.6. The van der Waals surface area contributed by atoms with Crippen LogP contribution in [0.3, 0.4) is 0 Å². The van der Waals surface area contributed by atoms with Gasteiger partial charge in [0.25, 0.3) is 0 Å². The van der Waals surface area contributed by atoms with Crippen LogP contribution in [0.1, 0.15) is 6.42 Å². The van der Waals surface area contributed by atoms with E-state index in [1.54, 1.807) is 11.0 Å². The first-order valence-corrected chi connectivity index (χ1v) is 5.94. The third-order valence-corrected chi connectivity index (χ3v) is 3.07. The lowest BCUT2D eigenvalue weighted by Gasteiger charge is -2.34. The highest BCUT2D eigenvalue weighted by molar-refractivity contribution is 6.33. The highest BCUT2D eigenvalue weighted by atomic mass is 35.5. The van der Waals surface area contributed by atoms with Crippen molar-refractivity contribution in [1.82, 2.24) is 5.32 Å². The Bertz CT molecular complexity index is 476. The molecule has 0 bridgehead atoms. The fourth-order valence-electron chi connectivity index (χ4n) is 2.04. The van der Waals surface area contributed by atoms with Gasteiger partial charge in [0.05, 0.1) is 29.7 Å². The molecule has 1 fully saturated rings. The van der Waals surface area contributed by atoms with E-state index >= 15 is 0 Å². The molecule has 1 aliphatic rings. The van der Waals surface area contributed by atoms with Crippen LogP contribution >= 0.6 is 11.6 Å². The maximum atomic E-state index is 11.6. The number of carbonyl (C=O) groups is 2. The van der Waals surface area contributed by atoms with Crippen molar-refractivity contribution in [2.45, 2.75) is 12.5 Å². The average Bonchev–Trinajstić information content (AvgIpc) is 2.27. The molecular formula is C12H13ClN2O3. The smallest absolute Gasteiger partial charge is 0.305 e. The van der Waals surface area contributed by atoms with E-state index in [4.69, 9.17) is 16.7 Å². The number of anilines is 1. The van der Waals surface area contributed by atoms with Crippen LogP contribution in [0.15, 0.2) is 24.3 Å². The van der Waals surface area contributed by atoms with Crippen molar-refractivity contribution in [2.75, 3.05) is 18.0 Å². The van der Waals surface area contributed by atoms with Crippen LogP contribution in [0, 0.1) is 0 Å². The van der Waals surface area contributed by atoms with E-state index in [1.165, 1.54) is 0 Å². The lowest BCUT2D eigenvalue weighted by atomic mass is 10.1. The zero-order valence-corrected chi connectivity index (χ0v) is 10.4. The minimum absolute atomic E-state index is 0.0906. The molecule has 1 atom stereocenters. The van der Waals surface area contributed by atoms with Gasteiger partial charge in [-0.25, -0.2) is 0 Å². The summed E-state index contributed by atoms with van der Waals surface area (Å²) in [6.07, 6.45) is -0.0906. The standard InChI is InChI=1S/C12H13ClN2O3/c13-9-3-1-2-4-10(9)15-6-8(5-12(17)18)14-11(16)7-15/h1-4,8H,5-7H2,(H,14,16)(H,17,18). The fourth-order valence-corrected chi connectivity index (χ4v) is 2.30. The molecule has 1 heterocycles. The molecule has 1 aliphatic heterocycles. The Labute approximate surface area is 109 Å². The summed E-state index contributed by atoms with van der Waals surface area (Å²) in [5.74, 6) is -1.12. The minimum atomic E-state index is -0.929. The largest absolute Gasteiger partial charge is 0.481 e. The number of nitrogens with one attached hydrogen (secondary N) is 1. The van der Waals surface area contributed by atoms with Gasteiger partial charge in [-0.2, -0.15) is 0 Å². The van der Waals surface area contributed by atoms with Crippen LogP contribution in [-0.2, 0) is 9.59 Å². The zero-order valence-electron chi connectivity index (χ0n) is 9.60. The highest BCUT2D eigenvalue weighted by Crippen LogP contribution is 2.26. The van der Waals surface area contributed by atoms with Gasteiger partial charge in [-0.1, -0.05) is 23.7 Å². The van der Waals surface area contributed by atoms with Crippen molar-refractivity contribution in [3.63, 3.8) is 0 Å². The zero-order chi connectivity index (χ0) is 13.1. The number of carboxylic acid groups (broad SMARTS) is 1. The molecule has 1 unspecified atom stereocenters. The van der Waals surface area contributed by atoms with Crippen LogP contribution < -0.4 is 10.2 Å². The Morgan fingerprint density at radius 3 is 2.89 bits per heavy atom. The van der Waals surface area contributed by atoms with Gasteiger partial charge in [0.2, 0.25) is 5.91 Å². The number of amides is 1. The predicted molar refractivity (Wildman–Crippen MR) is 67.8 cm³/mol. The molecule has 2 rings (SSSR count). The first-order chi connectivity index (χ1) is 8.56. The molecule has 1 amide bonds. The number of halogens is 1. The first kappa shape index (κ1) is 12.7. The number of hydrogen-bond acceptors (Lipinski definition) is 3. The molecule has 96 valence electrons. The van der Waals surface area contributed by atoms with Gasteiger partial charge in [-0.3, -0.25) is 9.59 Å². The SMILES string of the molecule is O=C(O)CC1CN(c2ccccc2Cl)CC(=O)N1. The monoisotopic (exact) mass is 268 g/mol. The van der Waals surface area contributed by atoms with Gasteiger partial charge < -0.3 is 15.3 Å². The lowest BCUT2D eigenvalue weighted by Crippen LogP contribution is -2.55. The Morgan fingerprint density at radius 1 is 1.50 bits per heavy atom. The number of carboxylic acids is 1. The molecule has 1 aromatic carbocycles. The van der Waals surface area contributed by atoms with Gasteiger partial charge in [0.15, 0.2) is 0 Å². The van der Waals surface area contributed by atoms with Crippen LogP contribution in [0.25, 0.3) is 0 Å². The van der Waals surface area contributed by atoms with Gasteiger partial charge in [0, 0.05) is 6.54 Å². The van der Waals surface area contributed by atoms with Crippen LogP contribution in [0.5, 0.6) is 0 Å². The molecule has 5 nitrogen and oxygen atoms in total. The molecule has 1 aromatic rings. The number of para-hydroxylation sites is 1. The molecule has 0 aliphatic carbocycles. The van der Waals surface area contributed by atoms with E-state index in [2.05, 4.69) is 5.32 Å². The van der Waals surface area contributed by atoms with Crippen molar-refractivity contribution >= 4 is 29.2 Å². The summed E-state index contributed by atoms with van der Waals surface area (Å²) in [7, 11) is 0. The Morgan fingerprint density at radius 2 is 2.22 bits per heavy atom. The number of nitrogens with zero attached hydrogens (tertiary/aromatic N) is 1. The van der Waals surface area contributed by atoms with Crippen molar-refractivity contribution < 1.29 is 14.7 Å². The Balaban J connectivity index is 2.16. The third-order valence-electron chi connectivity index (χ3n) is 2.75. The Kier molecular flexibility index (Phi) is 3.72. The van der Waals surface area contributed by atoms with E-state index in [1.807, 2.05) is 18.2 Å². The first-order valence-electron chi connectivity index (χ1n) is 5.57. The van der Waals surface area contributed by atoms with Gasteiger partial charge in [0.1, 0.15) is 0 Å².